The Balaban J connectivity index is 1.41. The number of hydrogen-bond donors (Lipinski definition) is 0. The van der Waals surface area contributed by atoms with Crippen molar-refractivity contribution in [1.82, 2.24) is 24.2 Å². The molecular formula is C22H21F4N5O. The van der Waals surface area contributed by atoms with Crippen molar-refractivity contribution >= 4 is 5.91 Å². The van der Waals surface area contributed by atoms with Crippen LogP contribution in [-0.4, -0.2) is 36.7 Å². The molecule has 0 bridgehead atoms. The van der Waals surface area contributed by atoms with Gasteiger partial charge in [0.05, 0.1) is 25.1 Å². The van der Waals surface area contributed by atoms with Gasteiger partial charge in [0.1, 0.15) is 5.82 Å². The number of benzene rings is 1. The van der Waals surface area contributed by atoms with Crippen molar-refractivity contribution in [2.45, 2.75) is 45.1 Å². The Hall–Kier alpha value is -3.17. The number of imidazole rings is 1. The first-order valence-corrected chi connectivity index (χ1v) is 10.5. The third-order valence-electron chi connectivity index (χ3n) is 6.29. The quantitative estimate of drug-likeness (QED) is 0.578. The molecule has 168 valence electrons. The molecule has 0 fully saturated rings. The zero-order chi connectivity index (χ0) is 22.5. The van der Waals surface area contributed by atoms with Crippen LogP contribution in [-0.2, 0) is 43.4 Å². The number of nitrogens with zero attached hydrogens (tertiary/aromatic N) is 5. The molecule has 1 amide bonds. The largest absolute Gasteiger partial charge is 0.435 e. The smallest absolute Gasteiger partial charge is 0.336 e. The first-order chi connectivity index (χ1) is 15.3. The van der Waals surface area contributed by atoms with Crippen molar-refractivity contribution in [2.75, 3.05) is 6.54 Å². The van der Waals surface area contributed by atoms with E-state index >= 15 is 0 Å². The molecule has 0 saturated heterocycles. The fourth-order valence-corrected chi connectivity index (χ4v) is 4.63. The second kappa shape index (κ2) is 7.75. The summed E-state index contributed by atoms with van der Waals surface area (Å²) >= 11 is 0. The highest BCUT2D eigenvalue weighted by atomic mass is 19.4. The number of carbonyl (C=O) groups excluding carboxylic acids is 1. The zero-order valence-corrected chi connectivity index (χ0v) is 17.1. The lowest BCUT2D eigenvalue weighted by atomic mass is 9.93. The van der Waals surface area contributed by atoms with Crippen LogP contribution in [0.2, 0.25) is 0 Å². The van der Waals surface area contributed by atoms with Gasteiger partial charge in [-0.25, -0.2) is 9.37 Å². The van der Waals surface area contributed by atoms with Gasteiger partial charge in [0, 0.05) is 42.9 Å². The van der Waals surface area contributed by atoms with Crippen molar-refractivity contribution in [2.24, 2.45) is 5.92 Å². The summed E-state index contributed by atoms with van der Waals surface area (Å²) in [5, 5.41) is 3.86. The van der Waals surface area contributed by atoms with E-state index in [1.165, 1.54) is 28.9 Å². The topological polar surface area (TPSA) is 56.0 Å². The summed E-state index contributed by atoms with van der Waals surface area (Å²) in [7, 11) is 0. The number of amides is 1. The molecule has 2 aliphatic heterocycles. The molecule has 32 heavy (non-hydrogen) atoms. The van der Waals surface area contributed by atoms with Crippen molar-refractivity contribution < 1.29 is 22.4 Å². The Morgan fingerprint density at radius 3 is 2.69 bits per heavy atom. The van der Waals surface area contributed by atoms with Crippen LogP contribution in [0.5, 0.6) is 0 Å². The molecular weight excluding hydrogens is 426 g/mol. The number of fused-ring (bicyclic) bond motifs is 2. The molecule has 1 atom stereocenters. The molecule has 0 radical (unpaired) electrons. The normalized spacial score (nSPS) is 18.4. The van der Waals surface area contributed by atoms with Crippen LogP contribution < -0.4 is 0 Å². The second-order valence-electron chi connectivity index (χ2n) is 8.33. The van der Waals surface area contributed by atoms with Crippen LogP contribution in [0, 0.1) is 11.7 Å². The van der Waals surface area contributed by atoms with E-state index in [2.05, 4.69) is 10.1 Å². The predicted octanol–water partition coefficient (Wildman–Crippen LogP) is 3.43. The minimum absolute atomic E-state index is 0.0498. The molecule has 1 unspecified atom stereocenters. The molecule has 0 spiro atoms. The van der Waals surface area contributed by atoms with E-state index in [0.29, 0.717) is 30.6 Å². The van der Waals surface area contributed by atoms with Gasteiger partial charge in [-0.05, 0) is 30.5 Å². The van der Waals surface area contributed by atoms with Gasteiger partial charge < -0.3 is 9.47 Å². The van der Waals surface area contributed by atoms with Gasteiger partial charge in [-0.15, -0.1) is 0 Å². The minimum atomic E-state index is -4.58. The van der Waals surface area contributed by atoms with E-state index in [0.717, 1.165) is 5.69 Å². The van der Waals surface area contributed by atoms with Crippen LogP contribution >= 0.6 is 0 Å². The molecule has 1 aromatic carbocycles. The Bertz CT molecular complexity index is 1150. The van der Waals surface area contributed by atoms with Gasteiger partial charge in [-0.2, -0.15) is 18.3 Å². The van der Waals surface area contributed by atoms with Crippen LogP contribution in [0.3, 0.4) is 0 Å². The summed E-state index contributed by atoms with van der Waals surface area (Å²) in [5.41, 5.74) is 1.26. The highest BCUT2D eigenvalue weighted by Gasteiger charge is 2.41. The molecule has 5 rings (SSSR count). The molecule has 6 nitrogen and oxygen atoms in total. The third-order valence-corrected chi connectivity index (χ3v) is 6.29. The van der Waals surface area contributed by atoms with E-state index in [1.54, 1.807) is 17.4 Å². The first-order valence-electron chi connectivity index (χ1n) is 10.5. The lowest BCUT2D eigenvalue weighted by Gasteiger charge is -2.33. The fourth-order valence-electron chi connectivity index (χ4n) is 4.63. The number of aromatic nitrogens is 4. The molecule has 2 aromatic heterocycles. The van der Waals surface area contributed by atoms with Crippen LogP contribution in [0.4, 0.5) is 17.6 Å². The zero-order valence-electron chi connectivity index (χ0n) is 17.1. The molecule has 0 aliphatic carbocycles. The first kappa shape index (κ1) is 20.7. The number of rotatable bonds is 3. The average Bonchev–Trinajstić information content (AvgIpc) is 3.38. The van der Waals surface area contributed by atoms with Crippen LogP contribution in [0.1, 0.15) is 34.6 Å². The van der Waals surface area contributed by atoms with Gasteiger partial charge in [0.2, 0.25) is 5.91 Å². The van der Waals surface area contributed by atoms with Crippen molar-refractivity contribution in [3.05, 3.63) is 70.8 Å². The lowest BCUT2D eigenvalue weighted by molar-refractivity contribution is -0.142. The van der Waals surface area contributed by atoms with Gasteiger partial charge >= 0.3 is 6.18 Å². The lowest BCUT2D eigenvalue weighted by Crippen LogP contribution is -2.42. The summed E-state index contributed by atoms with van der Waals surface area (Å²) in [6, 6.07) is 5.57. The average molecular weight is 447 g/mol. The van der Waals surface area contributed by atoms with Crippen LogP contribution in [0.25, 0.3) is 0 Å². The number of carbonyl (C=O) groups is 1. The highest BCUT2D eigenvalue weighted by molar-refractivity contribution is 5.79. The highest BCUT2D eigenvalue weighted by Crippen LogP contribution is 2.36. The van der Waals surface area contributed by atoms with Gasteiger partial charge in [0.25, 0.3) is 0 Å². The monoisotopic (exact) mass is 447 g/mol. The Morgan fingerprint density at radius 2 is 1.94 bits per heavy atom. The van der Waals surface area contributed by atoms with Crippen molar-refractivity contribution in [3.8, 4) is 0 Å². The molecule has 10 heteroatoms. The number of aryl methyl sites for hydroxylation is 1. The fraction of sp³-hybridized carbons (Fsp3) is 0.409. The van der Waals surface area contributed by atoms with E-state index in [-0.39, 0.29) is 43.4 Å². The third kappa shape index (κ3) is 3.78. The van der Waals surface area contributed by atoms with Gasteiger partial charge in [-0.3, -0.25) is 9.48 Å². The minimum Gasteiger partial charge on any atom is -0.336 e. The summed E-state index contributed by atoms with van der Waals surface area (Å²) in [5.74, 6) is -0.680. The Kier molecular flexibility index (Phi) is 5.02. The van der Waals surface area contributed by atoms with E-state index in [4.69, 9.17) is 0 Å². The van der Waals surface area contributed by atoms with Crippen LogP contribution in [0.15, 0.2) is 36.8 Å². The van der Waals surface area contributed by atoms with Gasteiger partial charge in [-0.1, -0.05) is 12.1 Å². The Labute approximate surface area is 181 Å². The maximum atomic E-state index is 13.6. The summed E-state index contributed by atoms with van der Waals surface area (Å²) in [6.45, 7) is 1.08. The summed E-state index contributed by atoms with van der Waals surface area (Å²) in [4.78, 5) is 19.0. The molecule has 0 N–H and O–H groups in total. The van der Waals surface area contributed by atoms with Gasteiger partial charge in [0.15, 0.2) is 5.69 Å². The van der Waals surface area contributed by atoms with E-state index < -0.39 is 17.7 Å². The Morgan fingerprint density at radius 1 is 1.16 bits per heavy atom. The van der Waals surface area contributed by atoms with Crippen molar-refractivity contribution in [1.29, 1.82) is 0 Å². The van der Waals surface area contributed by atoms with E-state index in [1.807, 2.05) is 4.57 Å². The molecule has 4 heterocycles. The molecule has 2 aliphatic rings. The van der Waals surface area contributed by atoms with E-state index in [9.17, 15) is 22.4 Å². The summed E-state index contributed by atoms with van der Waals surface area (Å²) < 4.78 is 57.4. The predicted molar refractivity (Wildman–Crippen MR) is 106 cm³/mol. The maximum Gasteiger partial charge on any atom is 0.435 e. The van der Waals surface area contributed by atoms with Crippen molar-refractivity contribution in [3.63, 3.8) is 0 Å². The standard InChI is InChI=1S/C22H21F4N5O/c23-16-3-1-14(2-4-16)11-31-19-12-29(8-6-18(19)20(28-31)22(24,25)26)21(32)15-5-7-30-13-27-10-17(30)9-15/h1-4,10,13,15H,5-9,11-12H2. The number of hydrogen-bond acceptors (Lipinski definition) is 3. The maximum absolute atomic E-state index is 13.6. The number of alkyl halides is 3. The molecule has 0 saturated carbocycles. The number of halogens is 4. The molecule has 3 aromatic rings. The SMILES string of the molecule is O=C(C1CCn2cncc2C1)N1CCc2c(C(F)(F)F)nn(Cc3ccc(F)cc3)c2C1. The summed E-state index contributed by atoms with van der Waals surface area (Å²) in [6.07, 6.45) is 0.270. The second-order valence-corrected chi connectivity index (χ2v) is 8.33.